The first-order valence-corrected chi connectivity index (χ1v) is 7.37. The van der Waals surface area contributed by atoms with Gasteiger partial charge in [-0.25, -0.2) is 4.98 Å². The minimum absolute atomic E-state index is 0.653. The Morgan fingerprint density at radius 3 is 2.94 bits per heavy atom. The molecule has 0 aliphatic heterocycles. The van der Waals surface area contributed by atoms with Crippen LogP contribution in [0.15, 0.2) is 5.38 Å². The van der Waals surface area contributed by atoms with E-state index in [4.69, 9.17) is 4.98 Å². The molecular weight excluding hydrogens is 216 g/mol. The summed E-state index contributed by atoms with van der Waals surface area (Å²) in [5, 5.41) is 7.11. The molecular formula is C13H20N2S. The predicted molar refractivity (Wildman–Crippen MR) is 67.7 cm³/mol. The molecule has 1 aromatic rings. The third-order valence-electron chi connectivity index (χ3n) is 3.55. The number of nitrogens with one attached hydrogen (secondary N) is 1. The van der Waals surface area contributed by atoms with Crippen molar-refractivity contribution in [1.82, 2.24) is 10.3 Å². The predicted octanol–water partition coefficient (Wildman–Crippen LogP) is 3.30. The standard InChI is InChI=1S/C13H20N2S/c1-9(6-10-2-3-10)14-7-13-15-12(8-16-13)11-4-5-11/h8-11,14H,2-7H2,1H3. The van der Waals surface area contributed by atoms with E-state index in [1.165, 1.54) is 42.8 Å². The SMILES string of the molecule is CC(CC1CC1)NCc1nc(C2CC2)cs1. The molecule has 88 valence electrons. The quantitative estimate of drug-likeness (QED) is 0.819. The average molecular weight is 236 g/mol. The van der Waals surface area contributed by atoms with Crippen LogP contribution in [0.2, 0.25) is 0 Å². The van der Waals surface area contributed by atoms with Gasteiger partial charge < -0.3 is 5.32 Å². The van der Waals surface area contributed by atoms with Crippen LogP contribution in [0.1, 0.15) is 55.6 Å². The van der Waals surface area contributed by atoms with Crippen LogP contribution >= 0.6 is 11.3 Å². The Kier molecular flexibility index (Phi) is 2.99. The van der Waals surface area contributed by atoms with Crippen LogP contribution in [-0.4, -0.2) is 11.0 Å². The van der Waals surface area contributed by atoms with Gasteiger partial charge in [-0.15, -0.1) is 11.3 Å². The summed E-state index contributed by atoms with van der Waals surface area (Å²) in [6.45, 7) is 3.26. The van der Waals surface area contributed by atoms with Crippen molar-refractivity contribution in [2.45, 2.75) is 57.5 Å². The maximum Gasteiger partial charge on any atom is 0.107 e. The highest BCUT2D eigenvalue weighted by Gasteiger charge is 2.26. The molecule has 2 fully saturated rings. The van der Waals surface area contributed by atoms with Gasteiger partial charge in [-0.1, -0.05) is 12.8 Å². The van der Waals surface area contributed by atoms with Crippen molar-refractivity contribution < 1.29 is 0 Å². The molecule has 0 bridgehead atoms. The zero-order valence-electron chi connectivity index (χ0n) is 9.91. The summed E-state index contributed by atoms with van der Waals surface area (Å²) in [5.41, 5.74) is 1.34. The first kappa shape index (κ1) is 10.7. The summed E-state index contributed by atoms with van der Waals surface area (Å²) in [6.07, 6.45) is 6.97. The number of hydrogen-bond donors (Lipinski definition) is 1. The van der Waals surface area contributed by atoms with Gasteiger partial charge in [0.15, 0.2) is 0 Å². The van der Waals surface area contributed by atoms with E-state index in [1.807, 2.05) is 11.3 Å². The van der Waals surface area contributed by atoms with E-state index in [0.717, 1.165) is 18.4 Å². The molecule has 0 amide bonds. The summed E-state index contributed by atoms with van der Waals surface area (Å²) in [7, 11) is 0. The Labute approximate surface area is 101 Å². The number of nitrogens with zero attached hydrogens (tertiary/aromatic N) is 1. The molecule has 0 saturated heterocycles. The topological polar surface area (TPSA) is 24.9 Å². The summed E-state index contributed by atoms with van der Waals surface area (Å²) < 4.78 is 0. The molecule has 3 heteroatoms. The van der Waals surface area contributed by atoms with Crippen molar-refractivity contribution in [1.29, 1.82) is 0 Å². The van der Waals surface area contributed by atoms with Crippen molar-refractivity contribution in [3.8, 4) is 0 Å². The Balaban J connectivity index is 1.45. The van der Waals surface area contributed by atoms with E-state index in [-0.39, 0.29) is 0 Å². The molecule has 0 radical (unpaired) electrons. The molecule has 1 unspecified atom stereocenters. The lowest BCUT2D eigenvalue weighted by Crippen LogP contribution is -2.25. The normalized spacial score (nSPS) is 22.3. The molecule has 2 aliphatic carbocycles. The summed E-state index contributed by atoms with van der Waals surface area (Å²) >= 11 is 1.82. The summed E-state index contributed by atoms with van der Waals surface area (Å²) in [5.74, 6) is 1.81. The van der Waals surface area contributed by atoms with Gasteiger partial charge >= 0.3 is 0 Å². The zero-order chi connectivity index (χ0) is 11.0. The molecule has 0 aromatic carbocycles. The van der Waals surface area contributed by atoms with Crippen molar-refractivity contribution in [2.24, 2.45) is 5.92 Å². The Bertz CT molecular complexity index is 353. The van der Waals surface area contributed by atoms with Crippen molar-refractivity contribution in [3.63, 3.8) is 0 Å². The molecule has 2 aliphatic rings. The van der Waals surface area contributed by atoms with Crippen molar-refractivity contribution >= 4 is 11.3 Å². The Morgan fingerprint density at radius 1 is 1.44 bits per heavy atom. The van der Waals surface area contributed by atoms with Gasteiger partial charge in [0, 0.05) is 23.9 Å². The molecule has 3 rings (SSSR count). The van der Waals surface area contributed by atoms with Crippen LogP contribution in [0.5, 0.6) is 0 Å². The van der Waals surface area contributed by atoms with E-state index in [9.17, 15) is 0 Å². The molecule has 1 atom stereocenters. The van der Waals surface area contributed by atoms with Gasteiger partial charge in [0.05, 0.1) is 5.69 Å². The van der Waals surface area contributed by atoms with Crippen molar-refractivity contribution in [3.05, 3.63) is 16.1 Å². The van der Waals surface area contributed by atoms with E-state index in [0.29, 0.717) is 6.04 Å². The molecule has 1 aromatic heterocycles. The van der Waals surface area contributed by atoms with Crippen LogP contribution in [0, 0.1) is 5.92 Å². The Hall–Kier alpha value is -0.410. The smallest absolute Gasteiger partial charge is 0.107 e. The molecule has 16 heavy (non-hydrogen) atoms. The minimum atomic E-state index is 0.653. The van der Waals surface area contributed by atoms with Gasteiger partial charge in [0.1, 0.15) is 5.01 Å². The summed E-state index contributed by atoms with van der Waals surface area (Å²) in [4.78, 5) is 4.70. The number of aromatic nitrogens is 1. The lowest BCUT2D eigenvalue weighted by molar-refractivity contribution is 0.486. The van der Waals surface area contributed by atoms with Gasteiger partial charge in [-0.2, -0.15) is 0 Å². The van der Waals surface area contributed by atoms with E-state index >= 15 is 0 Å². The largest absolute Gasteiger partial charge is 0.308 e. The second-order valence-electron chi connectivity index (χ2n) is 5.40. The van der Waals surface area contributed by atoms with Crippen molar-refractivity contribution in [2.75, 3.05) is 0 Å². The van der Waals surface area contributed by atoms with Crippen LogP contribution in [0.25, 0.3) is 0 Å². The second kappa shape index (κ2) is 4.46. The first-order valence-electron chi connectivity index (χ1n) is 6.49. The summed E-state index contributed by atoms with van der Waals surface area (Å²) in [6, 6.07) is 0.653. The monoisotopic (exact) mass is 236 g/mol. The highest BCUT2D eigenvalue weighted by molar-refractivity contribution is 7.09. The highest BCUT2D eigenvalue weighted by atomic mass is 32.1. The van der Waals surface area contributed by atoms with E-state index < -0.39 is 0 Å². The molecule has 2 saturated carbocycles. The van der Waals surface area contributed by atoms with Gasteiger partial charge in [-0.3, -0.25) is 0 Å². The Morgan fingerprint density at radius 2 is 2.25 bits per heavy atom. The third-order valence-corrected chi connectivity index (χ3v) is 4.42. The molecule has 1 N–H and O–H groups in total. The maximum atomic E-state index is 4.70. The maximum absolute atomic E-state index is 4.70. The second-order valence-corrected chi connectivity index (χ2v) is 6.34. The minimum Gasteiger partial charge on any atom is -0.308 e. The van der Waals surface area contributed by atoms with E-state index in [1.54, 1.807) is 0 Å². The number of rotatable bonds is 6. The third kappa shape index (κ3) is 2.83. The van der Waals surface area contributed by atoms with Gasteiger partial charge in [0.25, 0.3) is 0 Å². The number of thiazole rings is 1. The van der Waals surface area contributed by atoms with E-state index in [2.05, 4.69) is 17.6 Å². The van der Waals surface area contributed by atoms with Gasteiger partial charge in [-0.05, 0) is 32.1 Å². The lowest BCUT2D eigenvalue weighted by Gasteiger charge is -2.11. The number of hydrogen-bond acceptors (Lipinski definition) is 3. The highest BCUT2D eigenvalue weighted by Crippen LogP contribution is 2.40. The molecule has 0 spiro atoms. The molecule has 1 heterocycles. The van der Waals surface area contributed by atoms with Crippen LogP contribution in [0.3, 0.4) is 0 Å². The van der Waals surface area contributed by atoms with Crippen LogP contribution < -0.4 is 5.32 Å². The fourth-order valence-electron chi connectivity index (χ4n) is 2.17. The molecule has 2 nitrogen and oxygen atoms in total. The van der Waals surface area contributed by atoms with Crippen LogP contribution in [0.4, 0.5) is 0 Å². The lowest BCUT2D eigenvalue weighted by atomic mass is 10.1. The first-order chi connectivity index (χ1) is 7.81. The fourth-order valence-corrected chi connectivity index (χ4v) is 3.00. The fraction of sp³-hybridized carbons (Fsp3) is 0.769. The average Bonchev–Trinajstić information content (AvgIpc) is 3.18. The van der Waals surface area contributed by atoms with Crippen LogP contribution in [-0.2, 0) is 6.54 Å². The zero-order valence-corrected chi connectivity index (χ0v) is 10.7. The van der Waals surface area contributed by atoms with Gasteiger partial charge in [0.2, 0.25) is 0 Å².